The number of piperidine rings is 3. The molecule has 9 fully saturated rings. The minimum atomic E-state index is -1.13. The van der Waals surface area contributed by atoms with Gasteiger partial charge in [0.2, 0.25) is 52.8 Å². The maximum atomic E-state index is 14.6. The number of Topliss-reactive ketones (excluding diaryl/α,β-unsaturated/α-hetero) is 3. The molecule has 3 aliphatic heterocycles. The highest BCUT2D eigenvalue weighted by Crippen LogP contribution is 2.67. The first kappa shape index (κ1) is 115. The lowest BCUT2D eigenvalue weighted by Crippen LogP contribution is -2.63. The molecule has 792 valence electrons. The van der Waals surface area contributed by atoms with Crippen LogP contribution in [-0.4, -0.2) is 225 Å². The van der Waals surface area contributed by atoms with Crippen LogP contribution in [0.2, 0.25) is 0 Å². The van der Waals surface area contributed by atoms with E-state index in [9.17, 15) is 86.3 Å². The molecule has 6 saturated carbocycles. The second-order valence-corrected chi connectivity index (χ2v) is 48.0. The minimum absolute atomic E-state index is 0.0514. The number of carbonyl (C=O) groups is 18. The molecule has 0 radical (unpaired) electrons. The van der Waals surface area contributed by atoms with Crippen molar-refractivity contribution in [3.05, 3.63) is 84.4 Å². The van der Waals surface area contributed by atoms with Crippen LogP contribution in [0.4, 0.5) is 14.4 Å². The molecule has 2 aromatic carbocycles. The summed E-state index contributed by atoms with van der Waals surface area (Å²) in [7, 11) is 0. The maximum Gasteiger partial charge on any atom is 0.329 e. The summed E-state index contributed by atoms with van der Waals surface area (Å²) < 4.78 is 16.9. The molecular weight excluding hydrogens is 1830 g/mol. The second kappa shape index (κ2) is 46.8. The van der Waals surface area contributed by atoms with Crippen LogP contribution in [0.15, 0.2) is 73.3 Å². The molecule has 15 amide bonds. The lowest BCUT2D eigenvalue weighted by atomic mass is 9.79. The number of carbonyl (C=O) groups excluding carboxylic acids is 18. The first-order chi connectivity index (χ1) is 66.4. The molecule has 3 unspecified atom stereocenters. The Balaban J connectivity index is 0.000000240. The first-order valence-electron chi connectivity index (χ1n) is 51.3. The summed E-state index contributed by atoms with van der Waals surface area (Å²) in [4.78, 5) is 244. The Kier molecular flexibility index (Phi) is 37.7. The van der Waals surface area contributed by atoms with Gasteiger partial charge in [-0.25, -0.2) is 28.8 Å². The SMILES string of the molecule is C=CCNC(=O)C(=O)C(CCC)NC(=O)[C@@H]1[C@@H]2[C@H](CN1C(=O)[C@@H](NC(=O)N[C@H](C(=O)OCc1ccccc1)C1CCC1)C(C)(C)C)C2(C)C.CCCC(NC(=O)[C@@H]1[C@@H]2[C@H](CN1C(=O)[C@@H](NC(=O)N[C@H](C(=O)OC(C)(C)C)C(C)(C)C)C(C)(C)C)C2(C)C)C(=O)C(N)=O.C[C@H](OC(=O)[C@@H](NC(=O)N[C@H](C(=O)N1C[C@H]2[C@@H]([C@H]1C(=O)NC(CC1CCC1)C(=O)C(N)=O)C2(C)C)C1CCCCC1)C(C)(C)C)c1ccccc1. The molecule has 3 saturated heterocycles. The maximum absolute atomic E-state index is 14.6. The molecule has 6 aliphatic carbocycles. The number of nitrogens with two attached hydrogens (primary N) is 2. The van der Waals surface area contributed by atoms with Crippen LogP contribution in [0.1, 0.15) is 286 Å². The fourth-order valence-corrected chi connectivity index (χ4v) is 21.6. The van der Waals surface area contributed by atoms with Crippen molar-refractivity contribution in [2.75, 3.05) is 26.2 Å². The van der Waals surface area contributed by atoms with Crippen LogP contribution in [0, 0.1) is 91.2 Å². The summed E-state index contributed by atoms with van der Waals surface area (Å²) in [6, 6.07) is 4.83. The Labute approximate surface area is 843 Å². The number of benzene rings is 2. The summed E-state index contributed by atoms with van der Waals surface area (Å²) in [5.41, 5.74) is 7.94. The van der Waals surface area contributed by atoms with Crippen molar-refractivity contribution in [3.8, 4) is 0 Å². The molecule has 0 spiro atoms. The van der Waals surface area contributed by atoms with Crippen LogP contribution >= 0.6 is 0 Å². The van der Waals surface area contributed by atoms with E-state index in [0.29, 0.717) is 38.9 Å². The number of hydrogen-bond acceptors (Lipinski definition) is 21. The van der Waals surface area contributed by atoms with Crippen LogP contribution in [0.25, 0.3) is 0 Å². The van der Waals surface area contributed by atoms with E-state index < -0.39 is 206 Å². The highest BCUT2D eigenvalue weighted by molar-refractivity contribution is 6.39. The van der Waals surface area contributed by atoms with Crippen molar-refractivity contribution in [1.82, 2.24) is 67.9 Å². The highest BCUT2D eigenvalue weighted by Gasteiger charge is 2.73. The number of ketones is 3. The van der Waals surface area contributed by atoms with Crippen molar-refractivity contribution in [2.45, 2.75) is 360 Å². The number of rotatable bonds is 38. The quantitative estimate of drug-likeness (QED) is 0.0129. The number of ether oxygens (including phenoxy) is 3. The zero-order valence-corrected chi connectivity index (χ0v) is 88.7. The van der Waals surface area contributed by atoms with Gasteiger partial charge in [0, 0.05) is 26.2 Å². The van der Waals surface area contributed by atoms with Gasteiger partial charge in [0.1, 0.15) is 72.7 Å². The number of nitrogens with zero attached hydrogens (tertiary/aromatic N) is 3. The van der Waals surface area contributed by atoms with Gasteiger partial charge in [-0.2, -0.15) is 0 Å². The molecule has 14 N–H and O–H groups in total. The minimum Gasteiger partial charge on any atom is -0.459 e. The Morgan fingerprint density at radius 2 is 0.797 bits per heavy atom. The zero-order valence-electron chi connectivity index (χ0n) is 88.7. The van der Waals surface area contributed by atoms with E-state index in [0.717, 1.165) is 81.8 Å². The van der Waals surface area contributed by atoms with Gasteiger partial charge in [-0.3, -0.25) is 57.5 Å². The largest absolute Gasteiger partial charge is 0.459 e. The van der Waals surface area contributed by atoms with Crippen molar-refractivity contribution in [1.29, 1.82) is 0 Å². The third-order valence-electron chi connectivity index (χ3n) is 30.8. The van der Waals surface area contributed by atoms with Gasteiger partial charge in [0.15, 0.2) is 0 Å². The smallest absolute Gasteiger partial charge is 0.329 e. The summed E-state index contributed by atoms with van der Waals surface area (Å²) >= 11 is 0. The summed E-state index contributed by atoms with van der Waals surface area (Å²) in [5.74, 6) is -10.3. The molecule has 0 aromatic heterocycles. The standard InChI is InChI=1S/C39H57N5O7.C37H53N5O7.C31H53N5O7/c1-22(24-16-9-7-10-17-24)51-36(49)32(38(2,3)4)43-37(50)42-29(25-18-11-8-12-19-25)35(48)44-21-26-28(39(26,5)6)30(44)34(47)41-27(31(45)33(40)46)20-23-14-13-15-23;1-8-14-25(29(43)32(45)38-19-9-2)39-31(44)28-26-24(37(26,6)7)20-42(28)33(46)30(36(3,4)5)41-35(48)40-27(23-17-13-18-23)34(47)49-21-22-15-11-10-12-16-22;1-13-14-17(20(37)23(32)38)33-24(39)19-18-16(31(18,11)12)15-36(19)25(40)21(28(2,3)4)34-27(42)35-22(29(5,6)7)26(41)43-30(8,9)10/h7,9-10,16-17,22-23,25-30,32H,8,11-15,18-21H2,1-6H3,(H2,40,46)(H,41,47)(H2,42,43,50);9-12,15-16,23-28,30H,2,8,13-14,17-21H2,1,3-7H3,(H,38,45)(H,39,44)(H2,40,41,48);16-19,21-22H,13-15H2,1-12H3,(H2,32,38)(H,33,39)(H2,34,35,42)/t22-,26-,27?,28-,29-,30-,32+;24-,25?,26-,27-,28-,30+;16-,17?,18-,19-,21+,22+/m000/s1. The fraction of sp³-hybridized carbons (Fsp3) is 0.701. The van der Waals surface area contributed by atoms with E-state index in [2.05, 4.69) is 73.6 Å². The highest BCUT2D eigenvalue weighted by atomic mass is 16.6. The van der Waals surface area contributed by atoms with Gasteiger partial charge in [-0.1, -0.05) is 263 Å². The molecule has 11 rings (SSSR count). The molecule has 36 heteroatoms. The van der Waals surface area contributed by atoms with E-state index >= 15 is 0 Å². The molecule has 143 heavy (non-hydrogen) atoms. The first-order valence-corrected chi connectivity index (χ1v) is 51.3. The van der Waals surface area contributed by atoms with E-state index in [-0.39, 0.29) is 101 Å². The number of esters is 3. The van der Waals surface area contributed by atoms with E-state index in [1.807, 2.05) is 144 Å². The normalized spacial score (nSPS) is 23.7. The Morgan fingerprint density at radius 1 is 0.434 bits per heavy atom. The third-order valence-corrected chi connectivity index (χ3v) is 30.8. The Bertz CT molecular complexity index is 4990. The van der Waals surface area contributed by atoms with Gasteiger partial charge >= 0.3 is 36.0 Å². The van der Waals surface area contributed by atoms with Crippen molar-refractivity contribution in [2.24, 2.45) is 103 Å². The molecule has 3 heterocycles. The van der Waals surface area contributed by atoms with Gasteiger partial charge in [-0.05, 0) is 175 Å². The van der Waals surface area contributed by atoms with E-state index in [4.69, 9.17) is 25.7 Å². The van der Waals surface area contributed by atoms with Gasteiger partial charge in [-0.15, -0.1) is 6.58 Å². The number of primary amides is 2. The number of hydrogen-bond donors (Lipinski definition) is 12. The lowest BCUT2D eigenvalue weighted by molar-refractivity contribution is -0.160. The fourth-order valence-electron chi connectivity index (χ4n) is 21.6. The molecule has 0 bridgehead atoms. The van der Waals surface area contributed by atoms with Crippen LogP contribution < -0.4 is 64.6 Å². The van der Waals surface area contributed by atoms with Gasteiger partial charge in [0.05, 0.1) is 18.1 Å². The summed E-state index contributed by atoms with van der Waals surface area (Å²) in [6.07, 6.45) is 12.5. The van der Waals surface area contributed by atoms with Crippen molar-refractivity contribution < 1.29 is 101 Å². The van der Waals surface area contributed by atoms with Crippen LogP contribution in [-0.2, 0) is 92.7 Å². The number of likely N-dealkylation sites (tertiary alicyclic amines) is 3. The van der Waals surface area contributed by atoms with E-state index in [1.165, 1.54) is 15.9 Å². The lowest BCUT2D eigenvalue weighted by Gasteiger charge is -2.38. The topological polar surface area (TPSA) is 517 Å². The van der Waals surface area contributed by atoms with Gasteiger partial charge < -0.3 is 93.5 Å². The predicted molar refractivity (Wildman–Crippen MR) is 535 cm³/mol. The van der Waals surface area contributed by atoms with E-state index in [1.54, 1.807) is 74.1 Å². The summed E-state index contributed by atoms with van der Waals surface area (Å²) in [6.45, 7) is 49.4. The number of nitrogens with one attached hydrogen (secondary N) is 10. The monoisotopic (exact) mass is 1990 g/mol. The van der Waals surface area contributed by atoms with Crippen molar-refractivity contribution in [3.63, 3.8) is 0 Å². The predicted octanol–water partition coefficient (Wildman–Crippen LogP) is 9.70. The van der Waals surface area contributed by atoms with Gasteiger partial charge in [0.25, 0.3) is 17.7 Å². The average molecular weight is 2000 g/mol. The van der Waals surface area contributed by atoms with Crippen LogP contribution in [0.5, 0.6) is 0 Å². The molecular formula is C107H163N15O21. The second-order valence-electron chi connectivity index (χ2n) is 48.0. The molecule has 9 aliphatic rings. The number of amides is 15. The summed E-state index contributed by atoms with van der Waals surface area (Å²) in [5, 5.41) is 27.6. The Morgan fingerprint density at radius 3 is 1.18 bits per heavy atom. The van der Waals surface area contributed by atoms with Crippen molar-refractivity contribution >= 4 is 107 Å². The van der Waals surface area contributed by atoms with Crippen LogP contribution in [0.3, 0.4) is 0 Å². The molecule has 19 atom stereocenters. The number of urea groups is 3. The molecule has 36 nitrogen and oxygen atoms in total. The third kappa shape index (κ3) is 28.7. The number of fused-ring (bicyclic) bond motifs is 3. The average Bonchev–Trinajstić information content (AvgIpc) is 1.53. The Hall–Kier alpha value is -11.4. The molecule has 2 aromatic rings. The zero-order chi connectivity index (χ0) is 107.